The molecule has 136 valence electrons. The first kappa shape index (κ1) is 18.1. The normalized spacial score (nSPS) is 13.3. The Hall–Kier alpha value is -2.67. The molecule has 2 aromatic rings. The molecule has 0 radical (unpaired) electrons. The number of nitrogens with one attached hydrogen (secondary N) is 2. The molecule has 1 aliphatic rings. The SMILES string of the molecule is Cc1ccc(-c2csc(NC(=O)CCC(=O)O)c2C(=O)NC2CC2)cc1. The Morgan fingerprint density at radius 1 is 1.15 bits per heavy atom. The molecule has 26 heavy (non-hydrogen) atoms. The summed E-state index contributed by atoms with van der Waals surface area (Å²) in [5.41, 5.74) is 3.23. The number of benzene rings is 1. The summed E-state index contributed by atoms with van der Waals surface area (Å²) in [5.74, 6) is -1.65. The van der Waals surface area contributed by atoms with Crippen molar-refractivity contribution in [3.05, 3.63) is 40.8 Å². The Labute approximate surface area is 155 Å². The van der Waals surface area contributed by atoms with Gasteiger partial charge in [0, 0.05) is 23.4 Å². The lowest BCUT2D eigenvalue weighted by atomic mass is 10.0. The third-order valence-electron chi connectivity index (χ3n) is 4.11. The molecule has 0 spiro atoms. The molecule has 7 heteroatoms. The fourth-order valence-electron chi connectivity index (χ4n) is 2.52. The number of amides is 2. The van der Waals surface area contributed by atoms with Gasteiger partial charge in [0.1, 0.15) is 5.00 Å². The lowest BCUT2D eigenvalue weighted by Crippen LogP contribution is -2.26. The van der Waals surface area contributed by atoms with Gasteiger partial charge in [-0.15, -0.1) is 11.3 Å². The number of hydrogen-bond acceptors (Lipinski definition) is 4. The number of anilines is 1. The molecule has 1 fully saturated rings. The smallest absolute Gasteiger partial charge is 0.303 e. The van der Waals surface area contributed by atoms with E-state index >= 15 is 0 Å². The average molecular weight is 372 g/mol. The second-order valence-electron chi connectivity index (χ2n) is 6.41. The van der Waals surface area contributed by atoms with Gasteiger partial charge in [-0.1, -0.05) is 29.8 Å². The van der Waals surface area contributed by atoms with Crippen molar-refractivity contribution in [1.29, 1.82) is 0 Å². The molecule has 1 aromatic carbocycles. The van der Waals surface area contributed by atoms with Crippen molar-refractivity contribution < 1.29 is 19.5 Å². The Morgan fingerprint density at radius 2 is 1.85 bits per heavy atom. The minimum Gasteiger partial charge on any atom is -0.481 e. The van der Waals surface area contributed by atoms with E-state index in [1.807, 2.05) is 36.6 Å². The van der Waals surface area contributed by atoms with Crippen molar-refractivity contribution in [2.75, 3.05) is 5.32 Å². The summed E-state index contributed by atoms with van der Waals surface area (Å²) in [5, 5.41) is 16.7. The van der Waals surface area contributed by atoms with Gasteiger partial charge in [0.05, 0.1) is 12.0 Å². The van der Waals surface area contributed by atoms with Crippen molar-refractivity contribution >= 4 is 34.1 Å². The number of aryl methyl sites for hydroxylation is 1. The molecule has 3 N–H and O–H groups in total. The van der Waals surface area contributed by atoms with E-state index in [0.717, 1.165) is 29.5 Å². The predicted octanol–water partition coefficient (Wildman–Crippen LogP) is 3.42. The lowest BCUT2D eigenvalue weighted by Gasteiger charge is -2.10. The van der Waals surface area contributed by atoms with Crippen molar-refractivity contribution in [3.8, 4) is 11.1 Å². The Kier molecular flexibility index (Phi) is 5.37. The van der Waals surface area contributed by atoms with Gasteiger partial charge in [0.25, 0.3) is 5.91 Å². The summed E-state index contributed by atoms with van der Waals surface area (Å²) in [4.78, 5) is 35.4. The summed E-state index contributed by atoms with van der Waals surface area (Å²) < 4.78 is 0. The van der Waals surface area contributed by atoms with E-state index in [4.69, 9.17) is 5.11 Å². The third-order valence-corrected chi connectivity index (χ3v) is 5.01. The van der Waals surface area contributed by atoms with E-state index in [1.165, 1.54) is 11.3 Å². The summed E-state index contributed by atoms with van der Waals surface area (Å²) >= 11 is 1.27. The van der Waals surface area contributed by atoms with Crippen LogP contribution in [0.15, 0.2) is 29.6 Å². The zero-order valence-electron chi connectivity index (χ0n) is 14.4. The first-order valence-electron chi connectivity index (χ1n) is 8.45. The van der Waals surface area contributed by atoms with E-state index in [2.05, 4.69) is 10.6 Å². The van der Waals surface area contributed by atoms with E-state index in [0.29, 0.717) is 10.6 Å². The van der Waals surface area contributed by atoms with Crippen LogP contribution in [0.3, 0.4) is 0 Å². The number of aliphatic carboxylic acids is 1. The van der Waals surface area contributed by atoms with E-state index in [9.17, 15) is 14.4 Å². The average Bonchev–Trinajstić information content (AvgIpc) is 3.31. The zero-order valence-corrected chi connectivity index (χ0v) is 15.2. The van der Waals surface area contributed by atoms with Crippen LogP contribution in [0.25, 0.3) is 11.1 Å². The maximum absolute atomic E-state index is 12.7. The molecule has 6 nitrogen and oxygen atoms in total. The lowest BCUT2D eigenvalue weighted by molar-refractivity contribution is -0.138. The minimum absolute atomic E-state index is 0.128. The fourth-order valence-corrected chi connectivity index (χ4v) is 3.50. The Balaban J connectivity index is 1.88. The number of carbonyl (C=O) groups is 3. The van der Waals surface area contributed by atoms with Crippen LogP contribution >= 0.6 is 11.3 Å². The molecule has 2 amide bonds. The molecule has 0 saturated heterocycles. The summed E-state index contributed by atoms with van der Waals surface area (Å²) in [7, 11) is 0. The van der Waals surface area contributed by atoms with Crippen molar-refractivity contribution in [2.45, 2.75) is 38.6 Å². The van der Waals surface area contributed by atoms with Crippen LogP contribution in [0.2, 0.25) is 0 Å². The van der Waals surface area contributed by atoms with Crippen LogP contribution in [0.4, 0.5) is 5.00 Å². The predicted molar refractivity (Wildman–Crippen MR) is 100 cm³/mol. The number of carboxylic acids is 1. The van der Waals surface area contributed by atoms with Crippen LogP contribution in [0, 0.1) is 6.92 Å². The van der Waals surface area contributed by atoms with Crippen LogP contribution in [0.5, 0.6) is 0 Å². The van der Waals surface area contributed by atoms with Gasteiger partial charge in [-0.3, -0.25) is 14.4 Å². The molecule has 1 aliphatic carbocycles. The number of thiophene rings is 1. The topological polar surface area (TPSA) is 95.5 Å². The van der Waals surface area contributed by atoms with Gasteiger partial charge in [0.15, 0.2) is 0 Å². The largest absolute Gasteiger partial charge is 0.481 e. The maximum Gasteiger partial charge on any atom is 0.303 e. The molecular formula is C19H20N2O4S. The number of hydrogen-bond donors (Lipinski definition) is 3. The summed E-state index contributed by atoms with van der Waals surface area (Å²) in [6.45, 7) is 1.99. The molecule has 0 bridgehead atoms. The number of carboxylic acid groups (broad SMARTS) is 1. The van der Waals surface area contributed by atoms with Crippen LogP contribution in [-0.2, 0) is 9.59 Å². The van der Waals surface area contributed by atoms with Crippen LogP contribution in [-0.4, -0.2) is 28.9 Å². The second kappa shape index (κ2) is 7.70. The zero-order chi connectivity index (χ0) is 18.7. The molecule has 0 atom stereocenters. The first-order valence-corrected chi connectivity index (χ1v) is 9.33. The van der Waals surface area contributed by atoms with Gasteiger partial charge < -0.3 is 15.7 Å². The molecule has 0 unspecified atom stereocenters. The third kappa shape index (κ3) is 4.49. The molecule has 1 saturated carbocycles. The summed E-state index contributed by atoms with van der Waals surface area (Å²) in [6.07, 6.45) is 1.56. The highest BCUT2D eigenvalue weighted by Crippen LogP contribution is 2.36. The molecule has 0 aliphatic heterocycles. The minimum atomic E-state index is -1.03. The van der Waals surface area contributed by atoms with Crippen molar-refractivity contribution in [1.82, 2.24) is 5.32 Å². The standard InChI is InChI=1S/C19H20N2O4S/c1-11-2-4-12(5-3-11)14-10-26-19(21-15(22)8-9-16(23)24)17(14)18(25)20-13-6-7-13/h2-5,10,13H,6-9H2,1H3,(H,20,25)(H,21,22)(H,23,24). The monoisotopic (exact) mass is 372 g/mol. The number of carbonyl (C=O) groups excluding carboxylic acids is 2. The highest BCUT2D eigenvalue weighted by molar-refractivity contribution is 7.15. The summed E-state index contributed by atoms with van der Waals surface area (Å²) in [6, 6.07) is 8.04. The van der Waals surface area contributed by atoms with Crippen LogP contribution < -0.4 is 10.6 Å². The molecule has 1 aromatic heterocycles. The van der Waals surface area contributed by atoms with Gasteiger partial charge in [-0.25, -0.2) is 0 Å². The van der Waals surface area contributed by atoms with E-state index in [1.54, 1.807) is 0 Å². The molecule has 1 heterocycles. The van der Waals surface area contributed by atoms with E-state index < -0.39 is 11.9 Å². The molecular weight excluding hydrogens is 352 g/mol. The highest BCUT2D eigenvalue weighted by Gasteiger charge is 2.28. The van der Waals surface area contributed by atoms with Gasteiger partial charge >= 0.3 is 5.97 Å². The molecule has 3 rings (SSSR count). The Morgan fingerprint density at radius 3 is 2.46 bits per heavy atom. The highest BCUT2D eigenvalue weighted by atomic mass is 32.1. The second-order valence-corrected chi connectivity index (χ2v) is 7.29. The number of rotatable bonds is 7. The Bertz CT molecular complexity index is 838. The van der Waals surface area contributed by atoms with Gasteiger partial charge in [0.2, 0.25) is 5.91 Å². The van der Waals surface area contributed by atoms with E-state index in [-0.39, 0.29) is 24.8 Å². The van der Waals surface area contributed by atoms with Gasteiger partial charge in [-0.2, -0.15) is 0 Å². The van der Waals surface area contributed by atoms with Crippen molar-refractivity contribution in [2.24, 2.45) is 0 Å². The first-order chi connectivity index (χ1) is 12.4. The van der Waals surface area contributed by atoms with Crippen molar-refractivity contribution in [3.63, 3.8) is 0 Å². The maximum atomic E-state index is 12.7. The quantitative estimate of drug-likeness (QED) is 0.694. The van der Waals surface area contributed by atoms with Crippen LogP contribution in [0.1, 0.15) is 41.6 Å². The fraction of sp³-hybridized carbons (Fsp3) is 0.316. The van der Waals surface area contributed by atoms with Gasteiger partial charge in [-0.05, 0) is 25.3 Å².